The number of benzene rings is 1. The van der Waals surface area contributed by atoms with E-state index in [1.165, 1.54) is 0 Å². The number of ether oxygens (including phenoxy) is 1. The highest BCUT2D eigenvalue weighted by Crippen LogP contribution is 2.32. The monoisotopic (exact) mass is 364 g/mol. The lowest BCUT2D eigenvalue weighted by Gasteiger charge is -2.31. The van der Waals surface area contributed by atoms with Crippen molar-refractivity contribution in [2.24, 2.45) is 11.8 Å². The quantitative estimate of drug-likeness (QED) is 0.756. The zero-order chi connectivity index (χ0) is 17.6. The van der Waals surface area contributed by atoms with E-state index < -0.39 is 0 Å². The Bertz CT molecular complexity index is 593. The molecule has 25 heavy (non-hydrogen) atoms. The lowest BCUT2D eigenvalue weighted by Crippen LogP contribution is -2.44. The zero-order valence-corrected chi connectivity index (χ0v) is 15.1. The van der Waals surface area contributed by atoms with Crippen LogP contribution >= 0.6 is 11.6 Å². The van der Waals surface area contributed by atoms with Crippen LogP contribution in [-0.4, -0.2) is 43.0 Å². The molecule has 1 aromatic carbocycles. The van der Waals surface area contributed by atoms with Gasteiger partial charge in [0.25, 0.3) is 0 Å². The van der Waals surface area contributed by atoms with Gasteiger partial charge in [0.05, 0.1) is 13.2 Å². The van der Waals surface area contributed by atoms with Crippen LogP contribution in [0.3, 0.4) is 0 Å². The molecule has 5 nitrogen and oxygen atoms in total. The van der Waals surface area contributed by atoms with Gasteiger partial charge in [-0.15, -0.1) is 0 Å². The Balaban J connectivity index is 1.28. The van der Waals surface area contributed by atoms with Gasteiger partial charge in [0.2, 0.25) is 11.8 Å². The van der Waals surface area contributed by atoms with Crippen LogP contribution in [0.4, 0.5) is 0 Å². The van der Waals surface area contributed by atoms with Gasteiger partial charge in [-0.3, -0.25) is 9.59 Å². The van der Waals surface area contributed by atoms with Gasteiger partial charge in [-0.25, -0.2) is 0 Å². The Morgan fingerprint density at radius 1 is 1.08 bits per heavy atom. The normalized spacial score (nSPS) is 18.2. The first kappa shape index (κ1) is 18.2. The third-order valence-electron chi connectivity index (χ3n) is 4.83. The highest BCUT2D eigenvalue weighted by Gasteiger charge is 2.35. The lowest BCUT2D eigenvalue weighted by atomic mass is 9.95. The van der Waals surface area contributed by atoms with Crippen molar-refractivity contribution < 1.29 is 14.3 Å². The first-order chi connectivity index (χ1) is 12.1. The molecule has 0 atom stereocenters. The summed E-state index contributed by atoms with van der Waals surface area (Å²) in [6, 6.07) is 7.53. The Kier molecular flexibility index (Phi) is 6.32. The molecule has 2 aliphatic rings. The van der Waals surface area contributed by atoms with Gasteiger partial charge in [0.15, 0.2) is 0 Å². The van der Waals surface area contributed by atoms with Crippen molar-refractivity contribution in [3.05, 3.63) is 34.9 Å². The van der Waals surface area contributed by atoms with Gasteiger partial charge < -0.3 is 15.0 Å². The summed E-state index contributed by atoms with van der Waals surface area (Å²) in [4.78, 5) is 26.2. The predicted molar refractivity (Wildman–Crippen MR) is 96.1 cm³/mol. The summed E-state index contributed by atoms with van der Waals surface area (Å²) in [5.74, 6) is 0.644. The van der Waals surface area contributed by atoms with E-state index in [0.717, 1.165) is 31.2 Å². The Labute approximate surface area is 153 Å². The van der Waals surface area contributed by atoms with Gasteiger partial charge in [0, 0.05) is 36.5 Å². The number of amides is 2. The van der Waals surface area contributed by atoms with Gasteiger partial charge in [0.1, 0.15) is 0 Å². The molecule has 0 spiro atoms. The smallest absolute Gasteiger partial charge is 0.225 e. The third kappa shape index (κ3) is 5.44. The van der Waals surface area contributed by atoms with E-state index in [1.807, 2.05) is 29.2 Å². The number of likely N-dealkylation sites (tertiary alicyclic amines) is 1. The van der Waals surface area contributed by atoms with Crippen molar-refractivity contribution in [3.8, 4) is 0 Å². The predicted octanol–water partition coefficient (Wildman–Crippen LogP) is 2.62. The van der Waals surface area contributed by atoms with Crippen LogP contribution in [-0.2, 0) is 20.9 Å². The van der Waals surface area contributed by atoms with Crippen molar-refractivity contribution in [2.75, 3.05) is 26.2 Å². The van der Waals surface area contributed by atoms with Crippen molar-refractivity contribution in [1.82, 2.24) is 10.2 Å². The number of nitrogens with one attached hydrogen (secondary N) is 1. The molecule has 136 valence electrons. The topological polar surface area (TPSA) is 58.6 Å². The standard InChI is InChI=1S/C19H25ClN2O3/c20-17-5-1-14(2-6-17)13-25-12-9-21-18(23)15-7-10-22(11-8-15)19(24)16-3-4-16/h1-2,5-6,15-16H,3-4,7-13H2,(H,21,23). The van der Waals surface area contributed by atoms with Gasteiger partial charge in [-0.05, 0) is 43.4 Å². The highest BCUT2D eigenvalue weighted by molar-refractivity contribution is 6.30. The molecule has 0 unspecified atom stereocenters. The van der Waals surface area contributed by atoms with Crippen LogP contribution in [0.15, 0.2) is 24.3 Å². The summed E-state index contributed by atoms with van der Waals surface area (Å²) >= 11 is 5.84. The van der Waals surface area contributed by atoms with Crippen molar-refractivity contribution in [3.63, 3.8) is 0 Å². The fourth-order valence-electron chi connectivity index (χ4n) is 3.11. The molecule has 1 aliphatic carbocycles. The number of halogens is 1. The summed E-state index contributed by atoms with van der Waals surface area (Å²) in [5, 5.41) is 3.65. The van der Waals surface area contributed by atoms with E-state index in [1.54, 1.807) is 0 Å². The molecule has 3 rings (SSSR count). The summed E-state index contributed by atoms with van der Waals surface area (Å²) < 4.78 is 5.57. The molecule has 1 saturated heterocycles. The molecule has 6 heteroatoms. The largest absolute Gasteiger partial charge is 0.375 e. The molecule has 2 fully saturated rings. The molecule has 1 aliphatic heterocycles. The molecule has 0 bridgehead atoms. The van der Waals surface area contributed by atoms with E-state index in [9.17, 15) is 9.59 Å². The molecule has 1 aromatic rings. The Morgan fingerprint density at radius 2 is 1.76 bits per heavy atom. The molecule has 1 N–H and O–H groups in total. The van der Waals surface area contributed by atoms with E-state index >= 15 is 0 Å². The molecule has 1 heterocycles. The summed E-state index contributed by atoms with van der Waals surface area (Å²) in [7, 11) is 0. The fraction of sp³-hybridized carbons (Fsp3) is 0.579. The lowest BCUT2D eigenvalue weighted by molar-refractivity contribution is -0.136. The highest BCUT2D eigenvalue weighted by atomic mass is 35.5. The van der Waals surface area contributed by atoms with E-state index in [-0.39, 0.29) is 23.7 Å². The number of rotatable bonds is 7. The van der Waals surface area contributed by atoms with Crippen LogP contribution < -0.4 is 5.32 Å². The number of hydrogen-bond acceptors (Lipinski definition) is 3. The van der Waals surface area contributed by atoms with Crippen molar-refractivity contribution in [1.29, 1.82) is 0 Å². The zero-order valence-electron chi connectivity index (χ0n) is 14.4. The maximum absolute atomic E-state index is 12.2. The van der Waals surface area contributed by atoms with Gasteiger partial charge in [-0.1, -0.05) is 23.7 Å². The van der Waals surface area contributed by atoms with E-state index in [0.29, 0.717) is 37.9 Å². The molecule has 0 aromatic heterocycles. The van der Waals surface area contributed by atoms with Crippen LogP contribution in [0.1, 0.15) is 31.2 Å². The second kappa shape index (κ2) is 8.68. The molecule has 0 radical (unpaired) electrons. The Morgan fingerprint density at radius 3 is 2.40 bits per heavy atom. The minimum absolute atomic E-state index is 0.0134. The number of hydrogen-bond donors (Lipinski definition) is 1. The Hall–Kier alpha value is -1.59. The van der Waals surface area contributed by atoms with Gasteiger partial charge >= 0.3 is 0 Å². The number of carbonyl (C=O) groups excluding carboxylic acids is 2. The molecule has 2 amide bonds. The van der Waals surface area contributed by atoms with Crippen LogP contribution in [0.5, 0.6) is 0 Å². The minimum atomic E-state index is 0.0134. The maximum atomic E-state index is 12.2. The number of nitrogens with zero attached hydrogens (tertiary/aromatic N) is 1. The first-order valence-corrected chi connectivity index (χ1v) is 9.40. The average Bonchev–Trinajstić information content (AvgIpc) is 3.47. The molecular formula is C19H25ClN2O3. The second-order valence-electron chi connectivity index (χ2n) is 6.84. The molecule has 1 saturated carbocycles. The molecular weight excluding hydrogens is 340 g/mol. The van der Waals surface area contributed by atoms with E-state index in [4.69, 9.17) is 16.3 Å². The minimum Gasteiger partial charge on any atom is -0.375 e. The van der Waals surface area contributed by atoms with E-state index in [2.05, 4.69) is 5.32 Å². The number of piperidine rings is 1. The maximum Gasteiger partial charge on any atom is 0.225 e. The van der Waals surface area contributed by atoms with Crippen LogP contribution in [0.25, 0.3) is 0 Å². The second-order valence-corrected chi connectivity index (χ2v) is 7.28. The summed E-state index contributed by atoms with van der Waals surface area (Å²) in [6.07, 6.45) is 3.59. The fourth-order valence-corrected chi connectivity index (χ4v) is 3.24. The summed E-state index contributed by atoms with van der Waals surface area (Å²) in [5.41, 5.74) is 1.06. The average molecular weight is 365 g/mol. The first-order valence-electron chi connectivity index (χ1n) is 9.02. The van der Waals surface area contributed by atoms with Crippen molar-refractivity contribution >= 4 is 23.4 Å². The third-order valence-corrected chi connectivity index (χ3v) is 5.08. The van der Waals surface area contributed by atoms with Crippen molar-refractivity contribution in [2.45, 2.75) is 32.3 Å². The number of carbonyl (C=O) groups is 2. The SMILES string of the molecule is O=C(NCCOCc1ccc(Cl)cc1)C1CCN(C(=O)C2CC2)CC1. The van der Waals surface area contributed by atoms with Gasteiger partial charge in [-0.2, -0.15) is 0 Å². The van der Waals surface area contributed by atoms with Crippen LogP contribution in [0, 0.1) is 11.8 Å². The van der Waals surface area contributed by atoms with Crippen LogP contribution in [0.2, 0.25) is 5.02 Å². The summed E-state index contributed by atoms with van der Waals surface area (Å²) in [6.45, 7) is 2.91.